The van der Waals surface area contributed by atoms with E-state index in [0.29, 0.717) is 16.7 Å². The summed E-state index contributed by atoms with van der Waals surface area (Å²) < 4.78 is 44.7. The van der Waals surface area contributed by atoms with Crippen LogP contribution in [0.1, 0.15) is 75.3 Å². The van der Waals surface area contributed by atoms with Crippen molar-refractivity contribution in [2.75, 3.05) is 0 Å². The number of fused-ring (bicyclic) bond motifs is 1. The first-order valence-electron chi connectivity index (χ1n) is 10.4. The summed E-state index contributed by atoms with van der Waals surface area (Å²) in [6.45, 7) is 2.76. The van der Waals surface area contributed by atoms with Gasteiger partial charge in [0.25, 0.3) is 0 Å². The molecule has 0 atom stereocenters. The van der Waals surface area contributed by atoms with Crippen molar-refractivity contribution >= 4 is 16.8 Å². The normalized spacial score (nSPS) is 19.9. The molecule has 0 radical (unpaired) electrons. The zero-order chi connectivity index (χ0) is 20.1. The average molecular weight is 390 g/mol. The van der Waals surface area contributed by atoms with Crippen LogP contribution in [0.5, 0.6) is 5.75 Å². The standard InChI is InChI=1S/C24H29F3O/c1-3-5-6-7-16-8-10-17(11-9-16)18-12-13-21-19(14-18)15-22(28-24(26)27)20(4-2)23(21)25/h4,12-17,24H,2-3,5-11H2,1H3. The van der Waals surface area contributed by atoms with Gasteiger partial charge in [-0.2, -0.15) is 8.78 Å². The largest absolute Gasteiger partial charge is 0.434 e. The molecular weight excluding hydrogens is 361 g/mol. The molecule has 1 saturated carbocycles. The lowest BCUT2D eigenvalue weighted by Gasteiger charge is -2.29. The maximum atomic E-state index is 14.8. The fraction of sp³-hybridized carbons (Fsp3) is 0.500. The van der Waals surface area contributed by atoms with Gasteiger partial charge in [0.1, 0.15) is 11.6 Å². The van der Waals surface area contributed by atoms with E-state index in [0.717, 1.165) is 24.3 Å². The lowest BCUT2D eigenvalue weighted by Crippen LogP contribution is -2.13. The first kappa shape index (κ1) is 20.8. The molecular formula is C24H29F3O. The van der Waals surface area contributed by atoms with Crippen LogP contribution in [0.2, 0.25) is 0 Å². The molecule has 0 aliphatic heterocycles. The number of benzene rings is 2. The molecule has 0 bridgehead atoms. The summed E-state index contributed by atoms with van der Waals surface area (Å²) in [6, 6.07) is 7.17. The van der Waals surface area contributed by atoms with Gasteiger partial charge in [0.05, 0.1) is 5.56 Å². The Kier molecular flexibility index (Phi) is 7.03. The minimum atomic E-state index is -3.00. The summed E-state index contributed by atoms with van der Waals surface area (Å²) in [7, 11) is 0. The van der Waals surface area contributed by atoms with Gasteiger partial charge in [0.2, 0.25) is 0 Å². The molecule has 0 amide bonds. The van der Waals surface area contributed by atoms with Gasteiger partial charge in [-0.15, -0.1) is 0 Å². The van der Waals surface area contributed by atoms with Gasteiger partial charge >= 0.3 is 6.61 Å². The Bertz CT molecular complexity index is 807. The second-order valence-corrected chi connectivity index (χ2v) is 7.88. The van der Waals surface area contributed by atoms with Crippen LogP contribution in [-0.2, 0) is 0 Å². The Morgan fingerprint density at radius 3 is 2.54 bits per heavy atom. The van der Waals surface area contributed by atoms with Gasteiger partial charge in [-0.3, -0.25) is 0 Å². The number of ether oxygens (including phenoxy) is 1. The molecule has 2 aromatic rings. The van der Waals surface area contributed by atoms with Crippen LogP contribution in [0.4, 0.5) is 13.2 Å². The van der Waals surface area contributed by atoms with Gasteiger partial charge in [-0.1, -0.05) is 63.5 Å². The van der Waals surface area contributed by atoms with Crippen molar-refractivity contribution in [1.82, 2.24) is 0 Å². The molecule has 3 rings (SSSR count). The Morgan fingerprint density at radius 2 is 1.89 bits per heavy atom. The molecule has 1 nitrogen and oxygen atoms in total. The molecule has 0 N–H and O–H groups in total. The third-order valence-corrected chi connectivity index (χ3v) is 6.05. The molecule has 0 saturated heterocycles. The van der Waals surface area contributed by atoms with E-state index in [9.17, 15) is 13.2 Å². The molecule has 0 heterocycles. The summed E-state index contributed by atoms with van der Waals surface area (Å²) in [4.78, 5) is 0. The van der Waals surface area contributed by atoms with E-state index in [1.807, 2.05) is 12.1 Å². The minimum absolute atomic E-state index is 0.0202. The Labute approximate surface area is 165 Å². The summed E-state index contributed by atoms with van der Waals surface area (Å²) in [5, 5.41) is 1.01. The molecule has 152 valence electrons. The summed E-state index contributed by atoms with van der Waals surface area (Å²) in [6.07, 6.45) is 11.2. The molecule has 1 aliphatic carbocycles. The zero-order valence-corrected chi connectivity index (χ0v) is 16.5. The van der Waals surface area contributed by atoms with Crippen molar-refractivity contribution in [1.29, 1.82) is 0 Å². The second kappa shape index (κ2) is 9.49. The van der Waals surface area contributed by atoms with Crippen molar-refractivity contribution in [2.24, 2.45) is 5.92 Å². The van der Waals surface area contributed by atoms with Crippen molar-refractivity contribution in [2.45, 2.75) is 70.8 Å². The van der Waals surface area contributed by atoms with Crippen molar-refractivity contribution < 1.29 is 17.9 Å². The van der Waals surface area contributed by atoms with Crippen LogP contribution in [0, 0.1) is 11.7 Å². The van der Waals surface area contributed by atoms with Crippen LogP contribution in [0.3, 0.4) is 0 Å². The predicted molar refractivity (Wildman–Crippen MR) is 109 cm³/mol. The highest BCUT2D eigenvalue weighted by Crippen LogP contribution is 2.40. The SMILES string of the molecule is C=Cc1c(OC(F)F)cc2cc(C3CCC(CCCCC)CC3)ccc2c1F. The zero-order valence-electron chi connectivity index (χ0n) is 16.5. The summed E-state index contributed by atoms with van der Waals surface area (Å²) >= 11 is 0. The average Bonchev–Trinajstić information content (AvgIpc) is 2.68. The second-order valence-electron chi connectivity index (χ2n) is 7.88. The van der Waals surface area contributed by atoms with Crippen LogP contribution >= 0.6 is 0 Å². The number of halogens is 3. The first-order chi connectivity index (χ1) is 13.5. The molecule has 2 aromatic carbocycles. The van der Waals surface area contributed by atoms with E-state index >= 15 is 0 Å². The minimum Gasteiger partial charge on any atom is -0.434 e. The Balaban J connectivity index is 1.79. The number of unbranched alkanes of at least 4 members (excludes halogenated alkanes) is 2. The molecule has 0 aromatic heterocycles. The lowest BCUT2D eigenvalue weighted by atomic mass is 9.76. The van der Waals surface area contributed by atoms with E-state index in [1.165, 1.54) is 50.7 Å². The van der Waals surface area contributed by atoms with Gasteiger partial charge in [0, 0.05) is 5.39 Å². The predicted octanol–water partition coefficient (Wildman–Crippen LogP) is 8.08. The van der Waals surface area contributed by atoms with Gasteiger partial charge in [-0.25, -0.2) is 4.39 Å². The lowest BCUT2D eigenvalue weighted by molar-refractivity contribution is -0.0500. The van der Waals surface area contributed by atoms with Crippen molar-refractivity contribution in [3.05, 3.63) is 47.8 Å². The van der Waals surface area contributed by atoms with Crippen LogP contribution < -0.4 is 4.74 Å². The smallest absolute Gasteiger partial charge is 0.387 e. The summed E-state index contributed by atoms with van der Waals surface area (Å²) in [5.74, 6) is 0.552. The van der Waals surface area contributed by atoms with Gasteiger partial charge < -0.3 is 4.74 Å². The fourth-order valence-electron chi connectivity index (χ4n) is 4.48. The van der Waals surface area contributed by atoms with Crippen LogP contribution in [0.25, 0.3) is 16.8 Å². The molecule has 4 heteroatoms. The van der Waals surface area contributed by atoms with E-state index in [4.69, 9.17) is 0 Å². The Morgan fingerprint density at radius 1 is 1.14 bits per heavy atom. The van der Waals surface area contributed by atoms with Gasteiger partial charge in [-0.05, 0) is 54.5 Å². The van der Waals surface area contributed by atoms with E-state index < -0.39 is 12.4 Å². The first-order valence-corrected chi connectivity index (χ1v) is 10.4. The topological polar surface area (TPSA) is 9.23 Å². The number of rotatable bonds is 8. The van der Waals surface area contributed by atoms with Crippen LogP contribution in [-0.4, -0.2) is 6.61 Å². The molecule has 0 unspecified atom stereocenters. The number of hydrogen-bond acceptors (Lipinski definition) is 1. The van der Waals surface area contributed by atoms with Crippen LogP contribution in [0.15, 0.2) is 30.8 Å². The third-order valence-electron chi connectivity index (χ3n) is 6.05. The highest BCUT2D eigenvalue weighted by Gasteiger charge is 2.23. The maximum absolute atomic E-state index is 14.8. The highest BCUT2D eigenvalue weighted by molar-refractivity contribution is 5.88. The quantitative estimate of drug-likeness (QED) is 0.414. The van der Waals surface area contributed by atoms with Gasteiger partial charge in [0.15, 0.2) is 0 Å². The van der Waals surface area contributed by atoms with Crippen molar-refractivity contribution in [3.8, 4) is 5.75 Å². The van der Waals surface area contributed by atoms with E-state index in [1.54, 1.807) is 6.07 Å². The third kappa shape index (κ3) is 4.71. The molecule has 1 aliphatic rings. The number of alkyl halides is 2. The fourth-order valence-corrected chi connectivity index (χ4v) is 4.48. The maximum Gasteiger partial charge on any atom is 0.387 e. The Hall–Kier alpha value is -1.97. The molecule has 1 fully saturated rings. The summed E-state index contributed by atoms with van der Waals surface area (Å²) in [5.41, 5.74) is 1.14. The highest BCUT2D eigenvalue weighted by atomic mass is 19.3. The monoisotopic (exact) mass is 390 g/mol. The number of hydrogen-bond donors (Lipinski definition) is 0. The molecule has 28 heavy (non-hydrogen) atoms. The van der Waals surface area contributed by atoms with E-state index in [2.05, 4.69) is 18.2 Å². The van der Waals surface area contributed by atoms with Crippen molar-refractivity contribution in [3.63, 3.8) is 0 Å². The molecule has 0 spiro atoms. The van der Waals surface area contributed by atoms with E-state index in [-0.39, 0.29) is 11.3 Å².